The summed E-state index contributed by atoms with van der Waals surface area (Å²) in [6.45, 7) is 4.78. The molecule has 0 unspecified atom stereocenters. The van der Waals surface area contributed by atoms with E-state index in [0.29, 0.717) is 43.3 Å². The van der Waals surface area contributed by atoms with Crippen LogP contribution in [0.2, 0.25) is 5.02 Å². The number of halogens is 1. The first-order valence-corrected chi connectivity index (χ1v) is 18.2. The highest BCUT2D eigenvalue weighted by atomic mass is 35.5. The Labute approximate surface area is 277 Å². The Hall–Kier alpha value is -2.86. The number of carboxylic acids is 1. The summed E-state index contributed by atoms with van der Waals surface area (Å²) >= 11 is 6.32. The van der Waals surface area contributed by atoms with E-state index >= 15 is 0 Å². The molecule has 1 aliphatic carbocycles. The minimum Gasteiger partial charge on any atom is -0.487 e. The van der Waals surface area contributed by atoms with Crippen LogP contribution in [0, 0.1) is 17.8 Å². The van der Waals surface area contributed by atoms with Gasteiger partial charge in [-0.3, -0.25) is 14.5 Å². The number of likely N-dealkylation sites (N-methyl/N-ethyl adjacent to an activating group) is 1. The number of fused-ring (bicyclic) bond motifs is 3. The third-order valence-electron chi connectivity index (χ3n) is 10.4. The number of rotatable bonds is 3. The van der Waals surface area contributed by atoms with E-state index in [9.17, 15) is 28.2 Å². The first kappa shape index (κ1) is 34.5. The van der Waals surface area contributed by atoms with Crippen LogP contribution in [0.25, 0.3) is 0 Å². The number of aliphatic hydroxyl groups is 1. The summed E-state index contributed by atoms with van der Waals surface area (Å²) in [4.78, 5) is 29.0. The van der Waals surface area contributed by atoms with Crippen LogP contribution in [0.5, 0.6) is 5.75 Å². The lowest BCUT2D eigenvalue weighted by Gasteiger charge is -2.44. The van der Waals surface area contributed by atoms with Crippen LogP contribution in [0.15, 0.2) is 36.4 Å². The molecule has 0 spiro atoms. The average Bonchev–Trinajstić information content (AvgIpc) is 3.00. The fourth-order valence-corrected chi connectivity index (χ4v) is 8.63. The number of carbonyl (C=O) groups excluding carboxylic acids is 1. The highest BCUT2D eigenvalue weighted by molar-refractivity contribution is 7.90. The summed E-state index contributed by atoms with van der Waals surface area (Å²) in [5.41, 5.74) is 3.12. The Morgan fingerprint density at radius 1 is 1.11 bits per heavy atom. The van der Waals surface area contributed by atoms with Gasteiger partial charge >= 0.3 is 5.97 Å². The molecule has 2 heterocycles. The molecule has 10 nitrogen and oxygen atoms in total. The number of sulfonamides is 1. The quantitative estimate of drug-likeness (QED) is 0.423. The van der Waals surface area contributed by atoms with Gasteiger partial charge < -0.3 is 19.8 Å². The highest BCUT2D eigenvalue weighted by Crippen LogP contribution is 2.42. The predicted molar refractivity (Wildman–Crippen MR) is 178 cm³/mol. The predicted octanol–water partition coefficient (Wildman–Crippen LogP) is 4.71. The van der Waals surface area contributed by atoms with Crippen LogP contribution in [-0.2, 0) is 27.8 Å². The zero-order valence-electron chi connectivity index (χ0n) is 26.8. The van der Waals surface area contributed by atoms with Crippen molar-refractivity contribution in [2.24, 2.45) is 17.8 Å². The molecule has 2 aromatic rings. The van der Waals surface area contributed by atoms with Gasteiger partial charge in [-0.1, -0.05) is 24.6 Å². The van der Waals surface area contributed by atoms with Crippen LogP contribution in [0.4, 0.5) is 5.69 Å². The monoisotopic (exact) mass is 675 g/mol. The molecule has 2 aromatic carbocycles. The number of carboxylic acid groups (broad SMARTS) is 1. The molecular formula is C34H46ClN3O7S. The fourth-order valence-electron chi connectivity index (χ4n) is 7.15. The van der Waals surface area contributed by atoms with Crippen LogP contribution in [0.1, 0.15) is 73.9 Å². The molecule has 2 aliphatic heterocycles. The number of carbonyl (C=O) groups is 2. The maximum atomic E-state index is 13.5. The largest absolute Gasteiger partial charge is 0.487 e. The van der Waals surface area contributed by atoms with Crippen molar-refractivity contribution in [2.75, 3.05) is 31.6 Å². The summed E-state index contributed by atoms with van der Waals surface area (Å²) in [6, 6.07) is 10.5. The van der Waals surface area contributed by atoms with E-state index in [2.05, 4.69) is 9.62 Å². The van der Waals surface area contributed by atoms with Crippen LogP contribution < -0.4 is 14.4 Å². The van der Waals surface area contributed by atoms with Gasteiger partial charge in [0.05, 0.1) is 23.6 Å². The average molecular weight is 676 g/mol. The zero-order chi connectivity index (χ0) is 33.2. The molecule has 2 bridgehead atoms. The summed E-state index contributed by atoms with van der Waals surface area (Å²) < 4.78 is 35.6. The van der Waals surface area contributed by atoms with Crippen LogP contribution in [0.3, 0.4) is 0 Å². The summed E-state index contributed by atoms with van der Waals surface area (Å²) in [6.07, 6.45) is 4.45. The van der Waals surface area contributed by atoms with Crippen molar-refractivity contribution < 1.29 is 33.0 Å². The third kappa shape index (κ3) is 7.98. The first-order valence-electron chi connectivity index (χ1n) is 16.3. The number of hydrogen-bond donors (Lipinski definition) is 3. The first-order chi connectivity index (χ1) is 21.8. The van der Waals surface area contributed by atoms with Gasteiger partial charge in [-0.15, -0.1) is 0 Å². The number of aliphatic hydroxyl groups excluding tert-OH is 1. The topological polar surface area (TPSA) is 136 Å². The minimum absolute atomic E-state index is 0.0190. The summed E-state index contributed by atoms with van der Waals surface area (Å²) in [7, 11) is -2.38. The fraction of sp³-hybridized carbons (Fsp3) is 0.588. The van der Waals surface area contributed by atoms with Crippen molar-refractivity contribution in [1.82, 2.24) is 9.62 Å². The third-order valence-corrected chi connectivity index (χ3v) is 12.5. The number of aryl methyl sites for hydroxylation is 1. The number of nitrogens with zero attached hydrogens (tertiary/aromatic N) is 2. The molecule has 5 rings (SSSR count). The molecule has 3 aliphatic rings. The van der Waals surface area contributed by atoms with Crippen molar-refractivity contribution in [1.29, 1.82) is 0 Å². The second-order valence-corrected chi connectivity index (χ2v) is 15.9. The number of aliphatic carboxylic acids is 1. The molecule has 0 saturated heterocycles. The molecule has 252 valence electrons. The minimum atomic E-state index is -4.08. The van der Waals surface area contributed by atoms with Gasteiger partial charge in [0.1, 0.15) is 12.4 Å². The van der Waals surface area contributed by atoms with Crippen molar-refractivity contribution in [2.45, 2.75) is 82.8 Å². The van der Waals surface area contributed by atoms with E-state index in [4.69, 9.17) is 16.3 Å². The zero-order valence-corrected chi connectivity index (χ0v) is 28.4. The molecule has 6 atom stereocenters. The van der Waals surface area contributed by atoms with E-state index in [1.165, 1.54) is 0 Å². The van der Waals surface area contributed by atoms with Gasteiger partial charge in [0.15, 0.2) is 0 Å². The van der Waals surface area contributed by atoms with Gasteiger partial charge in [-0.25, -0.2) is 13.1 Å². The number of benzene rings is 2. The van der Waals surface area contributed by atoms with Crippen LogP contribution >= 0.6 is 11.6 Å². The van der Waals surface area contributed by atoms with E-state index < -0.39 is 39.2 Å². The molecule has 46 heavy (non-hydrogen) atoms. The number of ether oxygens (including phenoxy) is 1. The van der Waals surface area contributed by atoms with Crippen molar-refractivity contribution in [3.05, 3.63) is 58.1 Å². The van der Waals surface area contributed by atoms with Crippen LogP contribution in [-0.4, -0.2) is 79.5 Å². The second kappa shape index (κ2) is 14.5. The number of amides is 1. The van der Waals surface area contributed by atoms with Gasteiger partial charge in [0, 0.05) is 29.7 Å². The smallest absolute Gasteiger partial charge is 0.317 e. The molecule has 0 radical (unpaired) electrons. The van der Waals surface area contributed by atoms with E-state index in [1.807, 2.05) is 18.2 Å². The van der Waals surface area contributed by atoms with Gasteiger partial charge in [-0.05, 0) is 118 Å². The Kier molecular flexibility index (Phi) is 10.9. The normalized spacial score (nSPS) is 28.8. The van der Waals surface area contributed by atoms with Crippen molar-refractivity contribution in [3.8, 4) is 5.75 Å². The van der Waals surface area contributed by atoms with E-state index in [-0.39, 0.29) is 30.0 Å². The SMILES string of the molecule is C[C@@H]1[C@@H](C)C[C@@H](N(C)CC(=O)O)C[C@@H](O)[C@@H]2CC[C@H]2CN2CCCCc3cc(Cl)ccc3COc3ccc(cc32)C(=O)NS1(=O)=O. The number of hydrogen-bond acceptors (Lipinski definition) is 8. The van der Waals surface area contributed by atoms with E-state index in [1.54, 1.807) is 44.0 Å². The Morgan fingerprint density at radius 3 is 2.61 bits per heavy atom. The lowest BCUT2D eigenvalue weighted by atomic mass is 9.68. The maximum absolute atomic E-state index is 13.5. The highest BCUT2D eigenvalue weighted by Gasteiger charge is 2.40. The summed E-state index contributed by atoms with van der Waals surface area (Å²) in [5.74, 6) is -1.31. The molecule has 1 amide bonds. The van der Waals surface area contributed by atoms with Crippen molar-refractivity contribution in [3.63, 3.8) is 0 Å². The standard InChI is InChI=1S/C34H46ClN3O7S/c1-21-14-28(37(3)19-33(40)41)17-31(39)29-11-8-25(29)18-38-13-5-4-6-23-15-27(35)10-7-26(23)20-45-32-12-9-24(16-30(32)38)34(42)36-46(43,44)22(21)2/h7,9-10,12,15-16,21-22,25,28-29,31,39H,4-6,8,11,13-14,17-20H2,1-3H3,(H,36,42)(H,40,41)/t21-,22+,25-,28+,29+,31+/m0/s1. The van der Waals surface area contributed by atoms with E-state index in [0.717, 1.165) is 48.9 Å². The molecular weight excluding hydrogens is 630 g/mol. The number of anilines is 1. The molecule has 1 fully saturated rings. The Balaban J connectivity index is 1.52. The molecule has 0 aromatic heterocycles. The van der Waals surface area contributed by atoms with Gasteiger partial charge in [-0.2, -0.15) is 0 Å². The second-order valence-electron chi connectivity index (χ2n) is 13.4. The maximum Gasteiger partial charge on any atom is 0.317 e. The van der Waals surface area contributed by atoms with Crippen molar-refractivity contribution >= 4 is 39.2 Å². The number of nitrogens with one attached hydrogen (secondary N) is 1. The van der Waals surface area contributed by atoms with Gasteiger partial charge in [0.2, 0.25) is 10.0 Å². The lowest BCUT2D eigenvalue weighted by molar-refractivity contribution is -0.138. The lowest BCUT2D eigenvalue weighted by Crippen LogP contribution is -2.48. The Bertz CT molecular complexity index is 1540. The molecule has 3 N–H and O–H groups in total. The Morgan fingerprint density at radius 2 is 1.89 bits per heavy atom. The molecule has 12 heteroatoms. The summed E-state index contributed by atoms with van der Waals surface area (Å²) in [5, 5.41) is 20.8. The molecule has 1 saturated carbocycles. The van der Waals surface area contributed by atoms with Gasteiger partial charge in [0.25, 0.3) is 5.91 Å².